The zero-order valence-corrected chi connectivity index (χ0v) is 19.1. The first-order valence-corrected chi connectivity index (χ1v) is 11.5. The monoisotopic (exact) mass is 449 g/mol. The number of carbonyl (C=O) groups excluding carboxylic acids is 1. The van der Waals surface area contributed by atoms with Gasteiger partial charge in [-0.25, -0.2) is 4.98 Å². The highest BCUT2D eigenvalue weighted by Gasteiger charge is 2.20. The van der Waals surface area contributed by atoms with Gasteiger partial charge in [-0.1, -0.05) is 22.9 Å². The third-order valence-electron chi connectivity index (χ3n) is 4.14. The molecule has 0 bridgehead atoms. The second-order valence-electron chi connectivity index (χ2n) is 6.65. The topological polar surface area (TPSA) is 45.7 Å². The van der Waals surface area contributed by atoms with Crippen LogP contribution in [0.1, 0.15) is 6.92 Å². The van der Waals surface area contributed by atoms with Crippen molar-refractivity contribution < 1.29 is 9.53 Å². The second-order valence-corrected chi connectivity index (χ2v) is 9.14. The van der Waals surface area contributed by atoms with Crippen molar-refractivity contribution in [2.75, 3.05) is 44.4 Å². The fourth-order valence-corrected chi connectivity index (χ4v) is 4.58. The van der Waals surface area contributed by atoms with Crippen molar-refractivity contribution in [3.63, 3.8) is 0 Å². The molecule has 5 nitrogen and oxygen atoms in total. The molecular weight excluding hydrogens is 426 g/mol. The Kier molecular flexibility index (Phi) is 7.77. The van der Waals surface area contributed by atoms with Crippen LogP contribution in [0.15, 0.2) is 47.4 Å². The van der Waals surface area contributed by atoms with E-state index >= 15 is 0 Å². The van der Waals surface area contributed by atoms with Crippen LogP contribution in [0.5, 0.6) is 5.75 Å². The Morgan fingerprint density at radius 3 is 2.62 bits per heavy atom. The first kappa shape index (κ1) is 21.9. The molecule has 1 amide bonds. The number of aromatic nitrogens is 1. The molecule has 0 spiro atoms. The minimum Gasteiger partial charge on any atom is -0.494 e. The molecule has 0 N–H and O–H groups in total. The van der Waals surface area contributed by atoms with E-state index in [0.717, 1.165) is 32.5 Å². The zero-order valence-electron chi connectivity index (χ0n) is 16.7. The summed E-state index contributed by atoms with van der Waals surface area (Å²) in [5.41, 5.74) is 0.876. The minimum absolute atomic E-state index is 0.0379. The van der Waals surface area contributed by atoms with Crippen molar-refractivity contribution in [2.24, 2.45) is 0 Å². The number of thioether (sulfide) groups is 1. The van der Waals surface area contributed by atoms with Crippen LogP contribution in [0.25, 0.3) is 10.2 Å². The lowest BCUT2D eigenvalue weighted by Crippen LogP contribution is -2.37. The van der Waals surface area contributed by atoms with Gasteiger partial charge in [0.25, 0.3) is 0 Å². The van der Waals surface area contributed by atoms with Crippen LogP contribution in [-0.2, 0) is 4.79 Å². The maximum absolute atomic E-state index is 13.0. The molecule has 0 aliphatic carbocycles. The Morgan fingerprint density at radius 2 is 1.93 bits per heavy atom. The van der Waals surface area contributed by atoms with Gasteiger partial charge in [-0.15, -0.1) is 11.8 Å². The van der Waals surface area contributed by atoms with Crippen molar-refractivity contribution in [2.45, 2.75) is 11.8 Å². The third kappa shape index (κ3) is 6.09. The third-order valence-corrected chi connectivity index (χ3v) is 6.43. The molecule has 0 saturated heterocycles. The summed E-state index contributed by atoms with van der Waals surface area (Å²) in [6.07, 6.45) is 0. The summed E-state index contributed by atoms with van der Waals surface area (Å²) in [6, 6.07) is 13.4. The van der Waals surface area contributed by atoms with Crippen LogP contribution in [-0.4, -0.2) is 55.3 Å². The molecule has 0 aliphatic rings. The highest BCUT2D eigenvalue weighted by molar-refractivity contribution is 8.00. The molecule has 8 heteroatoms. The number of fused-ring (bicyclic) bond motifs is 1. The lowest BCUT2D eigenvalue weighted by Gasteiger charge is -2.21. The van der Waals surface area contributed by atoms with Gasteiger partial charge in [-0.05, 0) is 63.5 Å². The molecule has 29 heavy (non-hydrogen) atoms. The number of hydrogen-bond donors (Lipinski definition) is 0. The summed E-state index contributed by atoms with van der Waals surface area (Å²) in [5.74, 6) is 1.20. The largest absolute Gasteiger partial charge is 0.494 e. The minimum atomic E-state index is 0.0379. The van der Waals surface area contributed by atoms with Crippen LogP contribution in [0.4, 0.5) is 5.13 Å². The Bertz CT molecular complexity index is 960. The molecule has 154 valence electrons. The lowest BCUT2D eigenvalue weighted by molar-refractivity contribution is -0.116. The van der Waals surface area contributed by atoms with Crippen molar-refractivity contribution in [3.05, 3.63) is 47.5 Å². The molecule has 1 aromatic heterocycles. The number of halogens is 1. The Morgan fingerprint density at radius 1 is 1.17 bits per heavy atom. The molecule has 0 unspecified atom stereocenters. The van der Waals surface area contributed by atoms with Gasteiger partial charge in [-0.2, -0.15) is 0 Å². The van der Waals surface area contributed by atoms with E-state index in [1.807, 2.05) is 63.5 Å². The highest BCUT2D eigenvalue weighted by atomic mass is 35.5. The van der Waals surface area contributed by atoms with Crippen LogP contribution < -0.4 is 9.64 Å². The first-order valence-electron chi connectivity index (χ1n) is 9.33. The number of likely N-dealkylation sites (N-methyl/N-ethyl adjacent to an activating group) is 1. The normalized spacial score (nSPS) is 11.2. The average molecular weight is 450 g/mol. The van der Waals surface area contributed by atoms with Crippen LogP contribution in [0.3, 0.4) is 0 Å². The van der Waals surface area contributed by atoms with Crippen molar-refractivity contribution in [1.82, 2.24) is 9.88 Å². The molecule has 3 rings (SSSR count). The number of nitrogens with zero attached hydrogens (tertiary/aromatic N) is 3. The molecular formula is C21H24ClN3O2S2. The molecule has 1 heterocycles. The first-order chi connectivity index (χ1) is 14.0. The Hall–Kier alpha value is -1.80. The summed E-state index contributed by atoms with van der Waals surface area (Å²) in [5, 5.41) is 1.41. The van der Waals surface area contributed by atoms with Crippen molar-refractivity contribution in [1.29, 1.82) is 0 Å². The fourth-order valence-electron chi connectivity index (χ4n) is 2.65. The molecule has 0 aliphatic heterocycles. The van der Waals surface area contributed by atoms with E-state index in [4.69, 9.17) is 21.3 Å². The van der Waals surface area contributed by atoms with E-state index in [1.165, 1.54) is 23.1 Å². The maximum Gasteiger partial charge on any atom is 0.239 e. The van der Waals surface area contributed by atoms with E-state index in [9.17, 15) is 4.79 Å². The van der Waals surface area contributed by atoms with E-state index < -0.39 is 0 Å². The van der Waals surface area contributed by atoms with Gasteiger partial charge in [0.15, 0.2) is 5.13 Å². The summed E-state index contributed by atoms with van der Waals surface area (Å²) in [6.45, 7) is 3.93. The maximum atomic E-state index is 13.0. The van der Waals surface area contributed by atoms with Gasteiger partial charge in [0.1, 0.15) is 5.75 Å². The summed E-state index contributed by atoms with van der Waals surface area (Å²) in [7, 11) is 4.00. The van der Waals surface area contributed by atoms with Crippen molar-refractivity contribution >= 4 is 56.0 Å². The number of benzene rings is 2. The van der Waals surface area contributed by atoms with Gasteiger partial charge in [-0.3, -0.25) is 9.69 Å². The van der Waals surface area contributed by atoms with E-state index in [2.05, 4.69) is 4.90 Å². The van der Waals surface area contributed by atoms with Crippen LogP contribution in [0.2, 0.25) is 5.02 Å². The van der Waals surface area contributed by atoms with Gasteiger partial charge in [0.05, 0.1) is 22.6 Å². The van der Waals surface area contributed by atoms with Gasteiger partial charge in [0.2, 0.25) is 5.91 Å². The van der Waals surface area contributed by atoms with Gasteiger partial charge >= 0.3 is 0 Å². The number of hydrogen-bond acceptors (Lipinski definition) is 6. The predicted molar refractivity (Wildman–Crippen MR) is 124 cm³/mol. The number of amides is 1. The smallest absolute Gasteiger partial charge is 0.239 e. The second kappa shape index (κ2) is 10.3. The zero-order chi connectivity index (χ0) is 20.8. The fraction of sp³-hybridized carbons (Fsp3) is 0.333. The highest BCUT2D eigenvalue weighted by Crippen LogP contribution is 2.32. The predicted octanol–water partition coefficient (Wildman–Crippen LogP) is 5.04. The SMILES string of the molecule is CCOc1ccc2nc(N(CCN(C)C)C(=O)CSc3ccc(Cl)cc3)sc2c1. The molecule has 0 fully saturated rings. The summed E-state index contributed by atoms with van der Waals surface area (Å²) in [4.78, 5) is 22.6. The Labute approximate surface area is 184 Å². The number of anilines is 1. The quantitative estimate of drug-likeness (QED) is 0.428. The van der Waals surface area contributed by atoms with Gasteiger partial charge in [0, 0.05) is 23.0 Å². The molecule has 0 radical (unpaired) electrons. The summed E-state index contributed by atoms with van der Waals surface area (Å²) >= 11 is 8.96. The summed E-state index contributed by atoms with van der Waals surface area (Å²) < 4.78 is 6.60. The van der Waals surface area contributed by atoms with E-state index in [0.29, 0.717) is 23.9 Å². The molecule has 0 atom stereocenters. The number of thiazole rings is 1. The average Bonchev–Trinajstić information content (AvgIpc) is 3.10. The van der Waals surface area contributed by atoms with Gasteiger partial charge < -0.3 is 9.64 Å². The molecule has 0 saturated carbocycles. The molecule has 2 aromatic carbocycles. The van der Waals surface area contributed by atoms with E-state index in [1.54, 1.807) is 4.90 Å². The van der Waals surface area contributed by atoms with Crippen LogP contribution >= 0.6 is 34.7 Å². The number of rotatable bonds is 9. The number of ether oxygens (including phenoxy) is 1. The van der Waals surface area contributed by atoms with Crippen LogP contribution in [0, 0.1) is 0 Å². The molecule has 3 aromatic rings. The van der Waals surface area contributed by atoms with E-state index in [-0.39, 0.29) is 5.91 Å². The lowest BCUT2D eigenvalue weighted by atomic mass is 10.3. The Balaban J connectivity index is 1.78. The van der Waals surface area contributed by atoms with Crippen molar-refractivity contribution in [3.8, 4) is 5.75 Å². The number of carbonyl (C=O) groups is 1. The standard InChI is InChI=1S/C21H24ClN3O2S2/c1-4-27-16-7-10-18-19(13-16)29-21(23-18)25(12-11-24(2)3)20(26)14-28-17-8-5-15(22)6-9-17/h5-10,13H,4,11-12,14H2,1-3H3.